The van der Waals surface area contributed by atoms with Gasteiger partial charge in [-0.3, -0.25) is 9.78 Å². The van der Waals surface area contributed by atoms with Crippen LogP contribution in [0, 0.1) is 12.7 Å². The third kappa shape index (κ3) is 3.74. The van der Waals surface area contributed by atoms with Crippen LogP contribution in [0.2, 0.25) is 0 Å². The molecule has 0 saturated heterocycles. The SMILES string of the molecule is Cc1ccc(NC(=O)/C=C/c2cccnc2)cc1F. The standard InChI is InChI=1S/C15H13FN2O/c1-11-4-6-13(9-14(11)16)18-15(19)7-5-12-3-2-8-17-10-12/h2-10H,1H3,(H,18,19)/b7-5+. The third-order valence-corrected chi connectivity index (χ3v) is 2.55. The Bertz CT molecular complexity index is 609. The minimum atomic E-state index is -0.339. The highest BCUT2D eigenvalue weighted by atomic mass is 19.1. The van der Waals surface area contributed by atoms with E-state index in [1.54, 1.807) is 43.6 Å². The summed E-state index contributed by atoms with van der Waals surface area (Å²) >= 11 is 0. The molecule has 0 radical (unpaired) electrons. The maximum absolute atomic E-state index is 13.3. The average Bonchev–Trinajstić information content (AvgIpc) is 2.42. The van der Waals surface area contributed by atoms with Crippen molar-refractivity contribution in [3.63, 3.8) is 0 Å². The molecule has 1 aromatic carbocycles. The molecule has 0 fully saturated rings. The van der Waals surface area contributed by atoms with Crippen LogP contribution in [0.25, 0.3) is 6.08 Å². The van der Waals surface area contributed by atoms with Gasteiger partial charge >= 0.3 is 0 Å². The van der Waals surface area contributed by atoms with Crippen molar-refractivity contribution in [2.45, 2.75) is 6.92 Å². The fraction of sp³-hybridized carbons (Fsp3) is 0.0667. The largest absolute Gasteiger partial charge is 0.322 e. The summed E-state index contributed by atoms with van der Waals surface area (Å²) in [4.78, 5) is 15.6. The highest BCUT2D eigenvalue weighted by molar-refractivity contribution is 6.01. The summed E-state index contributed by atoms with van der Waals surface area (Å²) < 4.78 is 13.3. The van der Waals surface area contributed by atoms with Crippen LogP contribution in [0.4, 0.5) is 10.1 Å². The molecular formula is C15H13FN2O. The number of carbonyl (C=O) groups excluding carboxylic acids is 1. The van der Waals surface area contributed by atoms with Gasteiger partial charge in [0.15, 0.2) is 0 Å². The quantitative estimate of drug-likeness (QED) is 0.857. The van der Waals surface area contributed by atoms with Gasteiger partial charge in [0.2, 0.25) is 5.91 Å². The smallest absolute Gasteiger partial charge is 0.248 e. The predicted octanol–water partition coefficient (Wildman–Crippen LogP) is 3.18. The van der Waals surface area contributed by atoms with Crippen molar-refractivity contribution in [3.8, 4) is 0 Å². The highest BCUT2D eigenvalue weighted by Crippen LogP contribution is 2.13. The Hall–Kier alpha value is -2.49. The lowest BCUT2D eigenvalue weighted by molar-refractivity contribution is -0.111. The second-order valence-corrected chi connectivity index (χ2v) is 4.07. The zero-order valence-corrected chi connectivity index (χ0v) is 10.4. The number of aromatic nitrogens is 1. The Morgan fingerprint density at radius 2 is 2.21 bits per heavy atom. The van der Waals surface area contributed by atoms with Crippen molar-refractivity contribution in [3.05, 3.63) is 65.7 Å². The molecule has 0 unspecified atom stereocenters. The molecule has 1 heterocycles. The molecule has 1 amide bonds. The molecule has 0 aliphatic heterocycles. The van der Waals surface area contributed by atoms with Crippen LogP contribution in [0.3, 0.4) is 0 Å². The molecule has 19 heavy (non-hydrogen) atoms. The van der Waals surface area contributed by atoms with Gasteiger partial charge in [-0.05, 0) is 42.3 Å². The monoisotopic (exact) mass is 256 g/mol. The van der Waals surface area contributed by atoms with Crippen LogP contribution in [-0.2, 0) is 4.79 Å². The maximum Gasteiger partial charge on any atom is 0.248 e. The number of pyridine rings is 1. The van der Waals surface area contributed by atoms with Crippen LogP contribution >= 0.6 is 0 Å². The molecule has 1 aromatic heterocycles. The normalized spacial score (nSPS) is 10.6. The van der Waals surface area contributed by atoms with Crippen LogP contribution in [0.15, 0.2) is 48.8 Å². The zero-order chi connectivity index (χ0) is 13.7. The van der Waals surface area contributed by atoms with E-state index in [2.05, 4.69) is 10.3 Å². The average molecular weight is 256 g/mol. The summed E-state index contributed by atoms with van der Waals surface area (Å²) in [6.45, 7) is 1.67. The number of hydrogen-bond donors (Lipinski definition) is 1. The molecule has 2 aromatic rings. The van der Waals surface area contributed by atoms with Crippen molar-refractivity contribution in [1.82, 2.24) is 4.98 Å². The first-order valence-electron chi connectivity index (χ1n) is 5.80. The first-order chi connectivity index (χ1) is 9.15. The van der Waals surface area contributed by atoms with E-state index in [-0.39, 0.29) is 11.7 Å². The molecule has 2 rings (SSSR count). The Morgan fingerprint density at radius 3 is 2.89 bits per heavy atom. The van der Waals surface area contributed by atoms with Crippen molar-refractivity contribution < 1.29 is 9.18 Å². The summed E-state index contributed by atoms with van der Waals surface area (Å²) in [6.07, 6.45) is 6.34. The van der Waals surface area contributed by atoms with Gasteiger partial charge < -0.3 is 5.32 Å². The van der Waals surface area contributed by atoms with E-state index in [0.717, 1.165) is 5.56 Å². The van der Waals surface area contributed by atoms with E-state index in [0.29, 0.717) is 11.3 Å². The number of hydrogen-bond acceptors (Lipinski definition) is 2. The van der Waals surface area contributed by atoms with Crippen LogP contribution in [0.5, 0.6) is 0 Å². The summed E-state index contributed by atoms with van der Waals surface area (Å²) in [5.74, 6) is -0.652. The second kappa shape index (κ2) is 5.91. The first kappa shape index (κ1) is 13.0. The van der Waals surface area contributed by atoms with E-state index >= 15 is 0 Å². The minimum absolute atomic E-state index is 0.313. The van der Waals surface area contributed by atoms with Crippen molar-refractivity contribution in [2.24, 2.45) is 0 Å². The lowest BCUT2D eigenvalue weighted by Crippen LogP contribution is -2.08. The number of carbonyl (C=O) groups is 1. The van der Waals surface area contributed by atoms with E-state index in [9.17, 15) is 9.18 Å². The number of rotatable bonds is 3. The van der Waals surface area contributed by atoms with Crippen LogP contribution < -0.4 is 5.32 Å². The Kier molecular flexibility index (Phi) is 4.03. The van der Waals surface area contributed by atoms with Gasteiger partial charge in [-0.15, -0.1) is 0 Å². The van der Waals surface area contributed by atoms with Gasteiger partial charge in [-0.25, -0.2) is 4.39 Å². The van der Waals surface area contributed by atoms with Gasteiger partial charge in [0, 0.05) is 24.2 Å². The van der Waals surface area contributed by atoms with Gasteiger partial charge in [0.1, 0.15) is 5.82 Å². The number of halogens is 1. The van der Waals surface area contributed by atoms with E-state index < -0.39 is 0 Å². The van der Waals surface area contributed by atoms with Crippen LogP contribution in [0.1, 0.15) is 11.1 Å². The lowest BCUT2D eigenvalue weighted by atomic mass is 10.2. The number of anilines is 1. The van der Waals surface area contributed by atoms with Gasteiger partial charge in [0.25, 0.3) is 0 Å². The molecule has 1 N–H and O–H groups in total. The molecule has 4 heteroatoms. The molecule has 96 valence electrons. The van der Waals surface area contributed by atoms with Crippen molar-refractivity contribution in [1.29, 1.82) is 0 Å². The Labute approximate surface area is 110 Å². The van der Waals surface area contributed by atoms with Gasteiger partial charge in [0.05, 0.1) is 0 Å². The molecule has 0 spiro atoms. The Morgan fingerprint density at radius 1 is 1.37 bits per heavy atom. The molecule has 0 saturated carbocycles. The molecule has 3 nitrogen and oxygen atoms in total. The minimum Gasteiger partial charge on any atom is -0.322 e. The summed E-state index contributed by atoms with van der Waals surface area (Å²) in [5.41, 5.74) is 1.81. The Balaban J connectivity index is 2.01. The fourth-order valence-electron chi connectivity index (χ4n) is 1.50. The number of nitrogens with one attached hydrogen (secondary N) is 1. The molecular weight excluding hydrogens is 243 g/mol. The second-order valence-electron chi connectivity index (χ2n) is 4.07. The molecule has 0 atom stereocenters. The molecule has 0 aliphatic rings. The number of aryl methyl sites for hydroxylation is 1. The van der Waals surface area contributed by atoms with Gasteiger partial charge in [-0.2, -0.15) is 0 Å². The first-order valence-corrected chi connectivity index (χ1v) is 5.80. The summed E-state index contributed by atoms with van der Waals surface area (Å²) in [5, 5.41) is 2.59. The topological polar surface area (TPSA) is 42.0 Å². The molecule has 0 bridgehead atoms. The van der Waals surface area contributed by atoms with E-state index in [1.807, 2.05) is 6.07 Å². The van der Waals surface area contributed by atoms with Gasteiger partial charge in [-0.1, -0.05) is 12.1 Å². The maximum atomic E-state index is 13.3. The van der Waals surface area contributed by atoms with Crippen molar-refractivity contribution >= 4 is 17.7 Å². The molecule has 0 aliphatic carbocycles. The fourth-order valence-corrected chi connectivity index (χ4v) is 1.50. The third-order valence-electron chi connectivity index (χ3n) is 2.55. The lowest BCUT2D eigenvalue weighted by Gasteiger charge is -2.03. The summed E-state index contributed by atoms with van der Waals surface area (Å²) in [7, 11) is 0. The van der Waals surface area contributed by atoms with E-state index in [1.165, 1.54) is 12.1 Å². The number of nitrogens with zero attached hydrogens (tertiary/aromatic N) is 1. The number of benzene rings is 1. The highest BCUT2D eigenvalue weighted by Gasteiger charge is 2.01. The van der Waals surface area contributed by atoms with Crippen LogP contribution in [-0.4, -0.2) is 10.9 Å². The predicted molar refractivity (Wildman–Crippen MR) is 73.0 cm³/mol. The number of amides is 1. The van der Waals surface area contributed by atoms with Crippen molar-refractivity contribution in [2.75, 3.05) is 5.32 Å². The zero-order valence-electron chi connectivity index (χ0n) is 10.4. The summed E-state index contributed by atoms with van der Waals surface area (Å²) in [6, 6.07) is 8.20. The van der Waals surface area contributed by atoms with E-state index in [4.69, 9.17) is 0 Å².